The minimum Gasteiger partial charge on any atom is -0.354 e. The standard InChI is InChI=1S/C24H32N6O2/c31-21-10-4-5-15-30(21)22(20-8-2-1-3-9-20)23(32)25-13-7-14-28-16-18-29(19-17-28)24-26-11-6-12-27-24/h1-3,6,8-9,11-12,22H,4-5,7,10,13-19H2,(H,25,32). The summed E-state index contributed by atoms with van der Waals surface area (Å²) in [5.41, 5.74) is 0.875. The zero-order valence-corrected chi connectivity index (χ0v) is 18.5. The molecule has 0 saturated carbocycles. The number of amides is 2. The molecule has 2 saturated heterocycles. The number of hydrogen-bond acceptors (Lipinski definition) is 6. The molecule has 3 heterocycles. The van der Waals surface area contributed by atoms with E-state index in [-0.39, 0.29) is 11.8 Å². The number of carbonyl (C=O) groups is 2. The topological polar surface area (TPSA) is 81.7 Å². The molecule has 0 radical (unpaired) electrons. The van der Waals surface area contributed by atoms with Crippen molar-refractivity contribution in [1.29, 1.82) is 0 Å². The highest BCUT2D eigenvalue weighted by Gasteiger charge is 2.32. The summed E-state index contributed by atoms with van der Waals surface area (Å²) in [6.07, 6.45) is 6.80. The Kier molecular flexibility index (Phi) is 7.66. The van der Waals surface area contributed by atoms with E-state index in [2.05, 4.69) is 25.1 Å². The molecule has 1 atom stereocenters. The molecular weight excluding hydrogens is 404 g/mol. The Morgan fingerprint density at radius 1 is 0.969 bits per heavy atom. The van der Waals surface area contributed by atoms with Crippen molar-refractivity contribution >= 4 is 17.8 Å². The summed E-state index contributed by atoms with van der Waals surface area (Å²) in [6.45, 7) is 5.91. The van der Waals surface area contributed by atoms with Crippen molar-refractivity contribution in [3.05, 3.63) is 54.4 Å². The molecule has 0 spiro atoms. The van der Waals surface area contributed by atoms with Gasteiger partial charge >= 0.3 is 0 Å². The van der Waals surface area contributed by atoms with Crippen LogP contribution in [0, 0.1) is 0 Å². The number of anilines is 1. The molecule has 2 aromatic rings. The summed E-state index contributed by atoms with van der Waals surface area (Å²) >= 11 is 0. The minimum atomic E-state index is -0.543. The van der Waals surface area contributed by atoms with Gasteiger partial charge in [-0.05, 0) is 37.4 Å². The molecule has 32 heavy (non-hydrogen) atoms. The van der Waals surface area contributed by atoms with E-state index in [1.807, 2.05) is 36.4 Å². The van der Waals surface area contributed by atoms with E-state index in [4.69, 9.17) is 0 Å². The molecule has 4 rings (SSSR count). The van der Waals surface area contributed by atoms with Crippen LogP contribution in [0.1, 0.15) is 37.3 Å². The minimum absolute atomic E-state index is 0.0699. The van der Waals surface area contributed by atoms with Crippen LogP contribution in [0.15, 0.2) is 48.8 Å². The molecule has 0 aliphatic carbocycles. The maximum Gasteiger partial charge on any atom is 0.247 e. The van der Waals surface area contributed by atoms with Gasteiger partial charge in [-0.15, -0.1) is 0 Å². The Morgan fingerprint density at radius 3 is 2.44 bits per heavy atom. The predicted octanol–water partition coefficient (Wildman–Crippen LogP) is 1.86. The number of nitrogens with zero attached hydrogens (tertiary/aromatic N) is 5. The number of rotatable bonds is 8. The van der Waals surface area contributed by atoms with Crippen LogP contribution in [0.25, 0.3) is 0 Å². The first-order chi connectivity index (χ1) is 15.7. The van der Waals surface area contributed by atoms with E-state index in [0.717, 1.165) is 63.5 Å². The number of likely N-dealkylation sites (tertiary alicyclic amines) is 1. The third-order valence-corrected chi connectivity index (χ3v) is 6.19. The van der Waals surface area contributed by atoms with Crippen LogP contribution < -0.4 is 10.2 Å². The Hall–Kier alpha value is -3.00. The number of nitrogens with one attached hydrogen (secondary N) is 1. The van der Waals surface area contributed by atoms with Gasteiger partial charge in [-0.25, -0.2) is 9.97 Å². The molecule has 1 aromatic carbocycles. The zero-order valence-electron chi connectivity index (χ0n) is 18.5. The van der Waals surface area contributed by atoms with E-state index in [1.54, 1.807) is 17.3 Å². The summed E-state index contributed by atoms with van der Waals surface area (Å²) in [6, 6.07) is 10.9. The van der Waals surface area contributed by atoms with E-state index in [1.165, 1.54) is 0 Å². The average Bonchev–Trinajstić information content (AvgIpc) is 2.85. The normalized spacial score (nSPS) is 18.4. The fourth-order valence-corrected chi connectivity index (χ4v) is 4.44. The number of hydrogen-bond donors (Lipinski definition) is 1. The fraction of sp³-hybridized carbons (Fsp3) is 0.500. The van der Waals surface area contributed by atoms with Gasteiger partial charge in [0.05, 0.1) is 0 Å². The molecule has 8 heteroatoms. The monoisotopic (exact) mass is 436 g/mol. The van der Waals surface area contributed by atoms with Gasteiger partial charge in [0.15, 0.2) is 0 Å². The zero-order chi connectivity index (χ0) is 22.2. The van der Waals surface area contributed by atoms with E-state index >= 15 is 0 Å². The first-order valence-corrected chi connectivity index (χ1v) is 11.6. The summed E-state index contributed by atoms with van der Waals surface area (Å²) in [7, 11) is 0. The quantitative estimate of drug-likeness (QED) is 0.636. The third kappa shape index (κ3) is 5.62. The SMILES string of the molecule is O=C(NCCCN1CCN(c2ncccn2)CC1)C(c1ccccc1)N1CCCCC1=O. The number of piperidine rings is 1. The Balaban J connectivity index is 1.25. The molecule has 0 bridgehead atoms. The smallest absolute Gasteiger partial charge is 0.247 e. The lowest BCUT2D eigenvalue weighted by Gasteiger charge is -2.35. The fourth-order valence-electron chi connectivity index (χ4n) is 4.44. The molecule has 2 fully saturated rings. The van der Waals surface area contributed by atoms with Gasteiger partial charge in [0, 0.05) is 58.1 Å². The summed E-state index contributed by atoms with van der Waals surface area (Å²) < 4.78 is 0. The molecule has 2 amide bonds. The Bertz CT molecular complexity index is 871. The van der Waals surface area contributed by atoms with Gasteiger partial charge in [0.1, 0.15) is 6.04 Å². The van der Waals surface area contributed by atoms with E-state index in [0.29, 0.717) is 19.5 Å². The van der Waals surface area contributed by atoms with Crippen molar-refractivity contribution in [3.63, 3.8) is 0 Å². The summed E-state index contributed by atoms with van der Waals surface area (Å²) in [5.74, 6) is 0.775. The maximum absolute atomic E-state index is 13.1. The largest absolute Gasteiger partial charge is 0.354 e. The maximum atomic E-state index is 13.1. The highest BCUT2D eigenvalue weighted by molar-refractivity contribution is 5.89. The van der Waals surface area contributed by atoms with Gasteiger partial charge in [0.25, 0.3) is 0 Å². The summed E-state index contributed by atoms with van der Waals surface area (Å²) in [4.78, 5) is 40.6. The lowest BCUT2D eigenvalue weighted by atomic mass is 10.0. The van der Waals surface area contributed by atoms with Crippen LogP contribution in [-0.2, 0) is 9.59 Å². The van der Waals surface area contributed by atoms with Crippen molar-refractivity contribution < 1.29 is 9.59 Å². The number of aromatic nitrogens is 2. The van der Waals surface area contributed by atoms with Gasteiger partial charge < -0.3 is 15.1 Å². The van der Waals surface area contributed by atoms with Crippen LogP contribution in [-0.4, -0.2) is 77.4 Å². The second-order valence-electron chi connectivity index (χ2n) is 8.38. The number of piperazine rings is 1. The molecule has 2 aliphatic heterocycles. The van der Waals surface area contributed by atoms with Crippen LogP contribution in [0.4, 0.5) is 5.95 Å². The average molecular weight is 437 g/mol. The summed E-state index contributed by atoms with van der Waals surface area (Å²) in [5, 5.41) is 3.08. The first kappa shape index (κ1) is 22.2. The van der Waals surface area contributed by atoms with Crippen molar-refractivity contribution in [3.8, 4) is 0 Å². The molecule has 1 unspecified atom stereocenters. The van der Waals surface area contributed by atoms with Gasteiger partial charge in [0.2, 0.25) is 17.8 Å². The van der Waals surface area contributed by atoms with E-state index in [9.17, 15) is 9.59 Å². The molecule has 1 aromatic heterocycles. The van der Waals surface area contributed by atoms with E-state index < -0.39 is 6.04 Å². The molecule has 8 nitrogen and oxygen atoms in total. The van der Waals surface area contributed by atoms with Gasteiger partial charge in [-0.3, -0.25) is 14.5 Å². The lowest BCUT2D eigenvalue weighted by Crippen LogP contribution is -2.48. The van der Waals surface area contributed by atoms with Crippen LogP contribution >= 0.6 is 0 Å². The predicted molar refractivity (Wildman–Crippen MR) is 123 cm³/mol. The molecule has 170 valence electrons. The first-order valence-electron chi connectivity index (χ1n) is 11.6. The molecular formula is C24H32N6O2. The van der Waals surface area contributed by atoms with Crippen molar-refractivity contribution in [2.45, 2.75) is 31.7 Å². The van der Waals surface area contributed by atoms with Gasteiger partial charge in [-0.1, -0.05) is 30.3 Å². The highest BCUT2D eigenvalue weighted by atomic mass is 16.2. The molecule has 1 N–H and O–H groups in total. The van der Waals surface area contributed by atoms with Crippen LogP contribution in [0.2, 0.25) is 0 Å². The van der Waals surface area contributed by atoms with Gasteiger partial charge in [-0.2, -0.15) is 0 Å². The highest BCUT2D eigenvalue weighted by Crippen LogP contribution is 2.25. The number of carbonyl (C=O) groups excluding carboxylic acids is 2. The third-order valence-electron chi connectivity index (χ3n) is 6.19. The Morgan fingerprint density at radius 2 is 1.72 bits per heavy atom. The second-order valence-corrected chi connectivity index (χ2v) is 8.38. The number of benzene rings is 1. The lowest BCUT2D eigenvalue weighted by molar-refractivity contribution is -0.142. The van der Waals surface area contributed by atoms with Crippen LogP contribution in [0.5, 0.6) is 0 Å². The van der Waals surface area contributed by atoms with Crippen molar-refractivity contribution in [1.82, 2.24) is 25.1 Å². The van der Waals surface area contributed by atoms with Crippen molar-refractivity contribution in [2.75, 3.05) is 50.7 Å². The van der Waals surface area contributed by atoms with Crippen LogP contribution in [0.3, 0.4) is 0 Å². The second kappa shape index (κ2) is 11.0. The van der Waals surface area contributed by atoms with Crippen molar-refractivity contribution in [2.24, 2.45) is 0 Å². The Labute approximate surface area is 189 Å². The molecule has 2 aliphatic rings.